The first-order valence-corrected chi connectivity index (χ1v) is 2.27. The summed E-state index contributed by atoms with van der Waals surface area (Å²) in [6, 6.07) is 0. The van der Waals surface area contributed by atoms with Gasteiger partial charge in [0.2, 0.25) is 11.6 Å². The zero-order chi connectivity index (χ0) is 5.86. The van der Waals surface area contributed by atoms with Gasteiger partial charge in [0.15, 0.2) is 0 Å². The third kappa shape index (κ3) is 5.57. The molecule has 0 aliphatic rings. The Morgan fingerprint density at radius 3 is 2.00 bits per heavy atom. The number of imide groups is 1. The van der Waals surface area contributed by atoms with Crippen molar-refractivity contribution in [3.8, 4) is 0 Å². The van der Waals surface area contributed by atoms with Crippen LogP contribution in [0, 0.1) is 0 Å². The first-order valence-electron chi connectivity index (χ1n) is 1.70. The molecule has 0 aromatic rings. The summed E-state index contributed by atoms with van der Waals surface area (Å²) in [6.45, 7) is 1.28. The quantitative estimate of drug-likeness (QED) is 0.460. The van der Waals surface area contributed by atoms with Gasteiger partial charge in [-0.05, 0) is 9.24 Å². The molecule has 0 aliphatic heterocycles. The van der Waals surface area contributed by atoms with Crippen LogP contribution in [0.2, 0.25) is 0 Å². The lowest BCUT2D eigenvalue weighted by molar-refractivity contribution is -0.117. The van der Waals surface area contributed by atoms with E-state index in [4.69, 9.17) is 0 Å². The number of carbonyl (C=O) groups is 2. The van der Waals surface area contributed by atoms with Crippen LogP contribution < -0.4 is 5.32 Å². The van der Waals surface area contributed by atoms with E-state index in [1.165, 1.54) is 6.92 Å². The Morgan fingerprint density at radius 1 is 1.57 bits per heavy atom. The summed E-state index contributed by atoms with van der Waals surface area (Å²) in [5.41, 5.74) is -0.396. The van der Waals surface area contributed by atoms with Gasteiger partial charge in [-0.25, -0.2) is 0 Å². The SMILES string of the molecule is CC(=O)NC(=O)P. The standard InChI is InChI=1S/C3H6NO2P/c1-2(5)4-3(6)7/h7H2,1H3,(H,4,5,6). The summed E-state index contributed by atoms with van der Waals surface area (Å²) in [5.74, 6) is -0.333. The molecule has 0 fully saturated rings. The average molecular weight is 119 g/mol. The van der Waals surface area contributed by atoms with Crippen molar-refractivity contribution in [1.29, 1.82) is 0 Å². The number of hydrogen-bond donors (Lipinski definition) is 1. The monoisotopic (exact) mass is 119 g/mol. The Bertz CT molecular complexity index is 89.1. The van der Waals surface area contributed by atoms with Crippen LogP contribution in [0.15, 0.2) is 0 Å². The highest BCUT2D eigenvalue weighted by atomic mass is 31.0. The lowest BCUT2D eigenvalue weighted by Crippen LogP contribution is -2.21. The molecule has 0 heterocycles. The third-order valence-electron chi connectivity index (χ3n) is 0.299. The van der Waals surface area contributed by atoms with Gasteiger partial charge < -0.3 is 0 Å². The number of hydrogen-bond acceptors (Lipinski definition) is 2. The number of rotatable bonds is 0. The normalized spacial score (nSPS) is 7.71. The lowest BCUT2D eigenvalue weighted by Gasteiger charge is -1.88. The predicted molar refractivity (Wildman–Crippen MR) is 28.9 cm³/mol. The molecule has 1 N–H and O–H groups in total. The summed E-state index contributed by atoms with van der Waals surface area (Å²) in [6.07, 6.45) is 0. The van der Waals surface area contributed by atoms with E-state index in [-0.39, 0.29) is 5.91 Å². The summed E-state index contributed by atoms with van der Waals surface area (Å²) in [4.78, 5) is 19.8. The van der Waals surface area contributed by atoms with Crippen LogP contribution >= 0.6 is 9.24 Å². The molecule has 0 radical (unpaired) electrons. The molecular weight excluding hydrogens is 113 g/mol. The van der Waals surface area contributed by atoms with Gasteiger partial charge in [-0.3, -0.25) is 14.9 Å². The molecule has 0 saturated heterocycles. The fraction of sp³-hybridized carbons (Fsp3) is 0.333. The number of carbonyl (C=O) groups excluding carboxylic acids is 2. The van der Waals surface area contributed by atoms with Gasteiger partial charge in [0.05, 0.1) is 0 Å². The molecule has 1 unspecified atom stereocenters. The summed E-state index contributed by atoms with van der Waals surface area (Å²) in [5, 5.41) is 1.99. The van der Waals surface area contributed by atoms with Crippen molar-refractivity contribution >= 4 is 20.8 Å². The van der Waals surface area contributed by atoms with Crippen LogP contribution in [-0.4, -0.2) is 11.6 Å². The fourth-order valence-corrected chi connectivity index (χ4v) is 0.377. The van der Waals surface area contributed by atoms with E-state index in [2.05, 4.69) is 0 Å². The zero-order valence-electron chi connectivity index (χ0n) is 3.89. The maximum absolute atomic E-state index is 9.91. The average Bonchev–Trinajstić information content (AvgIpc) is 1.27. The second-order valence-electron chi connectivity index (χ2n) is 1.05. The second kappa shape index (κ2) is 2.69. The molecule has 1 atom stereocenters. The molecule has 0 aromatic heterocycles. The Labute approximate surface area is 43.7 Å². The summed E-state index contributed by atoms with van der Waals surface area (Å²) in [7, 11) is 1.83. The second-order valence-corrected chi connectivity index (χ2v) is 1.57. The van der Waals surface area contributed by atoms with Gasteiger partial charge in [-0.2, -0.15) is 0 Å². The van der Waals surface area contributed by atoms with Crippen LogP contribution in [0.25, 0.3) is 0 Å². The minimum Gasteiger partial charge on any atom is -0.293 e. The van der Waals surface area contributed by atoms with E-state index in [1.807, 2.05) is 14.6 Å². The van der Waals surface area contributed by atoms with Gasteiger partial charge in [0.1, 0.15) is 0 Å². The lowest BCUT2D eigenvalue weighted by atomic mass is 10.7. The van der Waals surface area contributed by atoms with E-state index >= 15 is 0 Å². The van der Waals surface area contributed by atoms with Crippen molar-refractivity contribution in [1.82, 2.24) is 5.32 Å². The minimum atomic E-state index is -0.396. The molecule has 0 aromatic carbocycles. The van der Waals surface area contributed by atoms with Crippen molar-refractivity contribution in [3.05, 3.63) is 0 Å². The Morgan fingerprint density at radius 2 is 2.00 bits per heavy atom. The van der Waals surface area contributed by atoms with Crippen molar-refractivity contribution in [2.75, 3.05) is 0 Å². The first kappa shape index (κ1) is 6.57. The molecule has 4 heteroatoms. The van der Waals surface area contributed by atoms with Crippen LogP contribution in [0.5, 0.6) is 0 Å². The van der Waals surface area contributed by atoms with Gasteiger partial charge in [-0.1, -0.05) is 0 Å². The maximum Gasteiger partial charge on any atom is 0.241 e. The van der Waals surface area contributed by atoms with E-state index in [1.54, 1.807) is 0 Å². The Hall–Kier alpha value is -0.430. The first-order chi connectivity index (χ1) is 3.13. The highest BCUT2D eigenvalue weighted by molar-refractivity contribution is 7.40. The molecular formula is C3H6NO2P. The van der Waals surface area contributed by atoms with Crippen LogP contribution in [-0.2, 0) is 4.79 Å². The molecule has 7 heavy (non-hydrogen) atoms. The van der Waals surface area contributed by atoms with Gasteiger partial charge in [0, 0.05) is 6.92 Å². The fourth-order valence-electron chi connectivity index (χ4n) is 0.173. The highest BCUT2D eigenvalue weighted by Crippen LogP contribution is 1.79. The van der Waals surface area contributed by atoms with Crippen molar-refractivity contribution in [2.45, 2.75) is 6.92 Å². The van der Waals surface area contributed by atoms with Gasteiger partial charge in [0.25, 0.3) is 0 Å². The zero-order valence-corrected chi connectivity index (χ0v) is 5.05. The van der Waals surface area contributed by atoms with E-state index in [0.29, 0.717) is 0 Å². The Kier molecular flexibility index (Phi) is 2.53. The van der Waals surface area contributed by atoms with Gasteiger partial charge >= 0.3 is 0 Å². The number of amides is 2. The Balaban J connectivity index is 3.32. The van der Waals surface area contributed by atoms with E-state index in [9.17, 15) is 9.59 Å². The van der Waals surface area contributed by atoms with Crippen LogP contribution in [0.3, 0.4) is 0 Å². The molecule has 0 spiro atoms. The molecule has 40 valence electrons. The van der Waals surface area contributed by atoms with Crippen molar-refractivity contribution < 1.29 is 9.59 Å². The summed E-state index contributed by atoms with van der Waals surface area (Å²) >= 11 is 0. The molecule has 3 nitrogen and oxygen atoms in total. The molecule has 0 rings (SSSR count). The van der Waals surface area contributed by atoms with Gasteiger partial charge in [-0.15, -0.1) is 0 Å². The third-order valence-corrected chi connectivity index (χ3v) is 0.444. The largest absolute Gasteiger partial charge is 0.293 e. The van der Waals surface area contributed by atoms with Crippen molar-refractivity contribution in [3.63, 3.8) is 0 Å². The topological polar surface area (TPSA) is 46.2 Å². The maximum atomic E-state index is 9.91. The molecule has 2 amide bonds. The highest BCUT2D eigenvalue weighted by Gasteiger charge is 1.90. The van der Waals surface area contributed by atoms with Crippen LogP contribution in [0.4, 0.5) is 4.79 Å². The summed E-state index contributed by atoms with van der Waals surface area (Å²) < 4.78 is 0. The van der Waals surface area contributed by atoms with Crippen molar-refractivity contribution in [2.24, 2.45) is 0 Å². The van der Waals surface area contributed by atoms with E-state index < -0.39 is 5.65 Å². The smallest absolute Gasteiger partial charge is 0.241 e. The van der Waals surface area contributed by atoms with E-state index in [0.717, 1.165) is 0 Å². The molecule has 0 aliphatic carbocycles. The molecule has 0 saturated carbocycles. The number of nitrogens with one attached hydrogen (secondary N) is 1. The molecule has 0 bridgehead atoms. The minimum absolute atomic E-state index is 0.333. The predicted octanol–water partition coefficient (Wildman–Crippen LogP) is 0.118. The van der Waals surface area contributed by atoms with Crippen LogP contribution in [0.1, 0.15) is 6.92 Å².